The van der Waals surface area contributed by atoms with Crippen LogP contribution in [-0.4, -0.2) is 8.42 Å². The average Bonchev–Trinajstić information content (AvgIpc) is 2.82. The molecule has 2 aliphatic rings. The molecule has 2 heterocycles. The second kappa shape index (κ2) is 5.58. The zero-order valence-electron chi connectivity index (χ0n) is 13.2. The second-order valence-electron chi connectivity index (χ2n) is 6.00. The largest absolute Gasteiger partial charge is 0.357 e. The highest BCUT2D eigenvalue weighted by atomic mass is 79.9. The number of hydrogen-bond donors (Lipinski definition) is 1. The molecule has 0 saturated heterocycles. The molecular formula is C19H13BrN2O2S. The van der Waals surface area contributed by atoms with E-state index in [9.17, 15) is 13.7 Å². The molecule has 0 fully saturated rings. The van der Waals surface area contributed by atoms with E-state index in [1.54, 1.807) is 18.2 Å². The van der Waals surface area contributed by atoms with E-state index in [4.69, 9.17) is 0 Å². The lowest BCUT2D eigenvalue weighted by Gasteiger charge is -2.26. The topological polar surface area (TPSA) is 70.0 Å². The fourth-order valence-electron chi connectivity index (χ4n) is 3.45. The van der Waals surface area contributed by atoms with Crippen LogP contribution in [0, 0.1) is 11.3 Å². The molecule has 0 unspecified atom stereocenters. The summed E-state index contributed by atoms with van der Waals surface area (Å²) in [4.78, 5) is 0.555. The van der Waals surface area contributed by atoms with Crippen LogP contribution in [0.3, 0.4) is 0 Å². The Hall–Kier alpha value is -2.36. The van der Waals surface area contributed by atoms with Crippen LogP contribution < -0.4 is 5.32 Å². The Bertz CT molecular complexity index is 1110. The third-order valence-corrected chi connectivity index (χ3v) is 7.06. The van der Waals surface area contributed by atoms with Crippen LogP contribution in [0.4, 0.5) is 0 Å². The molecule has 4 rings (SSSR count). The molecule has 0 aromatic heterocycles. The molecule has 0 saturated carbocycles. The first-order chi connectivity index (χ1) is 11.9. The maximum absolute atomic E-state index is 13.2. The normalized spacial score (nSPS) is 20.6. The zero-order valence-corrected chi connectivity index (χ0v) is 15.6. The van der Waals surface area contributed by atoms with Crippen LogP contribution in [0.1, 0.15) is 24.0 Å². The van der Waals surface area contributed by atoms with Gasteiger partial charge in [0.2, 0.25) is 9.84 Å². The monoisotopic (exact) mass is 412 g/mol. The summed E-state index contributed by atoms with van der Waals surface area (Å²) in [6.45, 7) is 1.81. The number of allylic oxidation sites excluding steroid dienone is 3. The first kappa shape index (κ1) is 16.1. The fourth-order valence-corrected chi connectivity index (χ4v) is 5.66. The number of dihydropyridines is 1. The third kappa shape index (κ3) is 2.27. The Labute approximate surface area is 154 Å². The van der Waals surface area contributed by atoms with Crippen molar-refractivity contribution in [1.29, 1.82) is 5.26 Å². The van der Waals surface area contributed by atoms with Gasteiger partial charge in [-0.3, -0.25) is 0 Å². The van der Waals surface area contributed by atoms with Crippen molar-refractivity contribution < 1.29 is 8.42 Å². The third-order valence-electron chi connectivity index (χ3n) is 4.57. The molecule has 2 aromatic rings. The van der Waals surface area contributed by atoms with Gasteiger partial charge in [-0.1, -0.05) is 46.3 Å². The molecule has 0 spiro atoms. The van der Waals surface area contributed by atoms with Gasteiger partial charge in [-0.05, 0) is 30.7 Å². The molecule has 1 N–H and O–H groups in total. The lowest BCUT2D eigenvalue weighted by atomic mass is 9.86. The highest BCUT2D eigenvalue weighted by Crippen LogP contribution is 2.50. The van der Waals surface area contributed by atoms with E-state index >= 15 is 0 Å². The number of nitrogens with zero attached hydrogens (tertiary/aromatic N) is 1. The van der Waals surface area contributed by atoms with Crippen molar-refractivity contribution in [1.82, 2.24) is 5.32 Å². The highest BCUT2D eigenvalue weighted by Gasteiger charge is 2.44. The Morgan fingerprint density at radius 3 is 2.48 bits per heavy atom. The van der Waals surface area contributed by atoms with Gasteiger partial charge in [-0.25, -0.2) is 8.42 Å². The van der Waals surface area contributed by atoms with E-state index in [1.807, 2.05) is 37.3 Å². The number of nitrogens with one attached hydrogen (secondary N) is 1. The quantitative estimate of drug-likeness (QED) is 0.765. The van der Waals surface area contributed by atoms with Gasteiger partial charge in [0.25, 0.3) is 0 Å². The molecule has 0 amide bonds. The Morgan fingerprint density at radius 1 is 1.12 bits per heavy atom. The maximum atomic E-state index is 13.2. The predicted octanol–water partition coefficient (Wildman–Crippen LogP) is 4.09. The summed E-state index contributed by atoms with van der Waals surface area (Å²) in [5, 5.41) is 12.8. The Morgan fingerprint density at radius 2 is 1.80 bits per heavy atom. The van der Waals surface area contributed by atoms with E-state index in [-0.39, 0.29) is 4.91 Å². The Kier molecular flexibility index (Phi) is 3.60. The average molecular weight is 413 g/mol. The number of rotatable bonds is 1. The molecule has 124 valence electrons. The van der Waals surface area contributed by atoms with Gasteiger partial charge < -0.3 is 5.32 Å². The van der Waals surface area contributed by atoms with E-state index in [0.29, 0.717) is 27.4 Å². The second-order valence-corrected chi connectivity index (χ2v) is 8.80. The summed E-state index contributed by atoms with van der Waals surface area (Å²) in [5.41, 5.74) is 3.14. The van der Waals surface area contributed by atoms with Gasteiger partial charge in [0.1, 0.15) is 0 Å². The Balaban J connectivity index is 2.02. The molecule has 25 heavy (non-hydrogen) atoms. The van der Waals surface area contributed by atoms with Gasteiger partial charge in [0.05, 0.1) is 33.1 Å². The molecule has 4 nitrogen and oxygen atoms in total. The summed E-state index contributed by atoms with van der Waals surface area (Å²) < 4.78 is 27.3. The number of benzene rings is 2. The van der Waals surface area contributed by atoms with Gasteiger partial charge in [-0.15, -0.1) is 0 Å². The first-order valence-corrected chi connectivity index (χ1v) is 9.95. The summed E-state index contributed by atoms with van der Waals surface area (Å²) in [7, 11) is -3.66. The minimum Gasteiger partial charge on any atom is -0.357 e. The number of fused-ring (bicyclic) bond motifs is 2. The fraction of sp³-hybridized carbons (Fsp3) is 0.105. The lowest BCUT2D eigenvalue weighted by Crippen LogP contribution is -2.24. The number of nitriles is 1. The van der Waals surface area contributed by atoms with Crippen LogP contribution in [0.15, 0.2) is 74.1 Å². The SMILES string of the molecule is CC1=C(C#N)[C@H](c2ccc(Br)cc2)C2=C(N1)c1ccccc1S2(=O)=O. The van der Waals surface area contributed by atoms with Crippen LogP contribution >= 0.6 is 15.9 Å². The minimum atomic E-state index is -3.66. The van der Waals surface area contributed by atoms with Crippen molar-refractivity contribution in [3.63, 3.8) is 0 Å². The van der Waals surface area contributed by atoms with E-state index < -0.39 is 15.8 Å². The standard InChI is InChI=1S/C19H13BrN2O2S/c1-11-15(10-21)17(12-6-8-13(20)9-7-12)19-18(22-11)14-4-2-3-5-16(14)25(19,23)24/h2-9,17,22H,1H3/t17-/m0/s1. The van der Waals surface area contributed by atoms with Gasteiger partial charge in [0, 0.05) is 15.7 Å². The molecule has 2 aliphatic heterocycles. The smallest absolute Gasteiger partial charge is 0.206 e. The number of sulfone groups is 1. The van der Waals surface area contributed by atoms with Crippen molar-refractivity contribution in [2.45, 2.75) is 17.7 Å². The van der Waals surface area contributed by atoms with Crippen molar-refractivity contribution in [2.75, 3.05) is 0 Å². The van der Waals surface area contributed by atoms with Crippen LogP contribution in [0.2, 0.25) is 0 Å². The van der Waals surface area contributed by atoms with E-state index in [2.05, 4.69) is 27.3 Å². The van der Waals surface area contributed by atoms with E-state index in [0.717, 1.165) is 10.0 Å². The van der Waals surface area contributed by atoms with Gasteiger partial charge >= 0.3 is 0 Å². The van der Waals surface area contributed by atoms with Crippen LogP contribution in [-0.2, 0) is 9.84 Å². The van der Waals surface area contributed by atoms with Gasteiger partial charge in [-0.2, -0.15) is 5.26 Å². The first-order valence-electron chi connectivity index (χ1n) is 7.67. The highest BCUT2D eigenvalue weighted by molar-refractivity contribution is 9.10. The molecule has 2 aromatic carbocycles. The molecule has 0 radical (unpaired) electrons. The molecule has 0 bridgehead atoms. The summed E-state index contributed by atoms with van der Waals surface area (Å²) in [6.07, 6.45) is 0. The molecular weight excluding hydrogens is 400 g/mol. The molecule has 6 heteroatoms. The lowest BCUT2D eigenvalue weighted by molar-refractivity contribution is 0.600. The van der Waals surface area contributed by atoms with Gasteiger partial charge in [0.15, 0.2) is 0 Å². The number of hydrogen-bond acceptors (Lipinski definition) is 4. The van der Waals surface area contributed by atoms with E-state index in [1.165, 1.54) is 0 Å². The predicted molar refractivity (Wildman–Crippen MR) is 98.9 cm³/mol. The molecule has 0 aliphatic carbocycles. The van der Waals surface area contributed by atoms with Crippen LogP contribution in [0.25, 0.3) is 5.70 Å². The summed E-state index contributed by atoms with van der Waals surface area (Å²) >= 11 is 3.40. The maximum Gasteiger partial charge on any atom is 0.206 e. The van der Waals surface area contributed by atoms with Crippen molar-refractivity contribution in [3.8, 4) is 6.07 Å². The van der Waals surface area contributed by atoms with Crippen molar-refractivity contribution in [3.05, 3.63) is 80.3 Å². The zero-order chi connectivity index (χ0) is 17.8. The van der Waals surface area contributed by atoms with Crippen molar-refractivity contribution in [2.24, 2.45) is 0 Å². The van der Waals surface area contributed by atoms with Crippen molar-refractivity contribution >= 4 is 31.5 Å². The minimum absolute atomic E-state index is 0.262. The summed E-state index contributed by atoms with van der Waals surface area (Å²) in [5.74, 6) is -0.605. The van der Waals surface area contributed by atoms with Crippen LogP contribution in [0.5, 0.6) is 0 Å². The summed E-state index contributed by atoms with van der Waals surface area (Å²) in [6, 6.07) is 16.6. The molecule has 1 atom stereocenters. The number of halogens is 1.